The normalized spacial score (nSPS) is 20.1. The summed E-state index contributed by atoms with van der Waals surface area (Å²) in [5.41, 5.74) is 1.68. The summed E-state index contributed by atoms with van der Waals surface area (Å²) in [6.45, 7) is 1.67. The number of carboxylic acid groups (broad SMARTS) is 1. The molecular weight excluding hydrogens is 409 g/mol. The number of aliphatic carboxylic acids is 1. The number of carbonyl (C=O) groups excluding carboxylic acids is 1. The minimum absolute atomic E-state index is 0.123. The second-order valence-electron chi connectivity index (χ2n) is 6.93. The number of pyridine rings is 1. The lowest BCUT2D eigenvalue weighted by molar-refractivity contribution is -0.192. The molecule has 1 aromatic heterocycles. The highest BCUT2D eigenvalue weighted by atomic mass is 32.2. The van der Waals surface area contributed by atoms with Gasteiger partial charge in [0.2, 0.25) is 0 Å². The van der Waals surface area contributed by atoms with Gasteiger partial charge in [-0.05, 0) is 30.7 Å². The Hall–Kier alpha value is -2.33. The molecule has 156 valence electrons. The van der Waals surface area contributed by atoms with Crippen molar-refractivity contribution in [3.05, 3.63) is 42.1 Å². The molecule has 2 aromatic rings. The number of aromatic nitrogens is 1. The molecule has 1 aromatic carbocycles. The second kappa shape index (κ2) is 8.19. The van der Waals surface area contributed by atoms with E-state index < -0.39 is 12.1 Å². The van der Waals surface area contributed by atoms with Crippen LogP contribution in [0.4, 0.5) is 13.2 Å². The van der Waals surface area contributed by atoms with Crippen molar-refractivity contribution >= 4 is 34.5 Å². The predicted octanol–water partition coefficient (Wildman–Crippen LogP) is 3.21. The number of nitrogens with zero attached hydrogens (tertiary/aromatic N) is 2. The maximum Gasteiger partial charge on any atom is 0.490 e. The molecule has 3 heterocycles. The SMILES string of the molecule is COC1CSC2(C1)CN(C(=O)c1ccc3ncccc3c1)C2.O=C(O)C(F)(F)F. The molecule has 1 atom stereocenters. The lowest BCUT2D eigenvalue weighted by Gasteiger charge is -2.47. The first-order valence-electron chi connectivity index (χ1n) is 8.74. The highest BCUT2D eigenvalue weighted by Gasteiger charge is 2.50. The first-order chi connectivity index (χ1) is 13.6. The third kappa shape index (κ3) is 4.81. The summed E-state index contributed by atoms with van der Waals surface area (Å²) in [7, 11) is 1.77. The number of halogens is 3. The third-order valence-electron chi connectivity index (χ3n) is 4.85. The van der Waals surface area contributed by atoms with E-state index in [4.69, 9.17) is 14.6 Å². The number of amides is 1. The largest absolute Gasteiger partial charge is 0.490 e. The zero-order valence-electron chi connectivity index (χ0n) is 15.5. The van der Waals surface area contributed by atoms with Gasteiger partial charge in [-0.2, -0.15) is 13.2 Å². The Kier molecular flexibility index (Phi) is 6.04. The number of methoxy groups -OCH3 is 1. The van der Waals surface area contributed by atoms with Crippen LogP contribution in [0.25, 0.3) is 10.9 Å². The molecule has 2 aliphatic heterocycles. The Morgan fingerprint density at radius 3 is 2.59 bits per heavy atom. The summed E-state index contributed by atoms with van der Waals surface area (Å²) in [4.78, 5) is 27.8. The number of alkyl halides is 3. The number of thioether (sulfide) groups is 1. The van der Waals surface area contributed by atoms with Crippen LogP contribution in [0.3, 0.4) is 0 Å². The van der Waals surface area contributed by atoms with Crippen LogP contribution in [0.5, 0.6) is 0 Å². The zero-order valence-corrected chi connectivity index (χ0v) is 16.3. The monoisotopic (exact) mass is 428 g/mol. The van der Waals surface area contributed by atoms with E-state index in [1.54, 1.807) is 13.3 Å². The number of hydrogen-bond acceptors (Lipinski definition) is 5. The van der Waals surface area contributed by atoms with Crippen molar-refractivity contribution in [1.82, 2.24) is 9.88 Å². The lowest BCUT2D eigenvalue weighted by Crippen LogP contribution is -2.60. The van der Waals surface area contributed by atoms with Crippen LogP contribution in [0.15, 0.2) is 36.5 Å². The molecule has 2 aliphatic rings. The molecule has 0 saturated carbocycles. The van der Waals surface area contributed by atoms with Crippen molar-refractivity contribution in [3.63, 3.8) is 0 Å². The van der Waals surface area contributed by atoms with Crippen LogP contribution in [-0.2, 0) is 9.53 Å². The summed E-state index contributed by atoms with van der Waals surface area (Å²) in [5.74, 6) is -1.59. The summed E-state index contributed by atoms with van der Waals surface area (Å²) >= 11 is 1.95. The molecule has 1 N–H and O–H groups in total. The van der Waals surface area contributed by atoms with E-state index in [0.717, 1.165) is 41.7 Å². The Balaban J connectivity index is 0.000000298. The molecule has 0 radical (unpaired) electrons. The van der Waals surface area contributed by atoms with Gasteiger partial charge >= 0.3 is 12.1 Å². The van der Waals surface area contributed by atoms with Gasteiger partial charge in [-0.25, -0.2) is 4.79 Å². The van der Waals surface area contributed by atoms with Crippen molar-refractivity contribution in [2.45, 2.75) is 23.4 Å². The Morgan fingerprint density at radius 1 is 1.31 bits per heavy atom. The molecule has 2 saturated heterocycles. The number of carboxylic acids is 1. The summed E-state index contributed by atoms with van der Waals surface area (Å²) in [5, 5.41) is 8.14. The molecule has 1 amide bonds. The van der Waals surface area contributed by atoms with Gasteiger partial charge in [0.15, 0.2) is 0 Å². The first kappa shape index (κ1) is 21.4. The fraction of sp³-hybridized carbons (Fsp3) is 0.421. The summed E-state index contributed by atoms with van der Waals surface area (Å²) in [6.07, 6.45) is -1.92. The summed E-state index contributed by atoms with van der Waals surface area (Å²) < 4.78 is 37.4. The van der Waals surface area contributed by atoms with Crippen molar-refractivity contribution in [1.29, 1.82) is 0 Å². The van der Waals surface area contributed by atoms with Crippen LogP contribution < -0.4 is 0 Å². The van der Waals surface area contributed by atoms with Gasteiger partial charge in [-0.3, -0.25) is 9.78 Å². The lowest BCUT2D eigenvalue weighted by atomic mass is 9.92. The number of carbonyl (C=O) groups is 2. The highest BCUT2D eigenvalue weighted by Crippen LogP contribution is 2.46. The molecular formula is C19H19F3N2O4S. The van der Waals surface area contributed by atoms with Crippen molar-refractivity contribution in [2.24, 2.45) is 0 Å². The van der Waals surface area contributed by atoms with E-state index in [-0.39, 0.29) is 10.7 Å². The molecule has 10 heteroatoms. The smallest absolute Gasteiger partial charge is 0.475 e. The van der Waals surface area contributed by atoms with Crippen molar-refractivity contribution in [3.8, 4) is 0 Å². The van der Waals surface area contributed by atoms with Crippen LogP contribution >= 0.6 is 11.8 Å². The average Bonchev–Trinajstić information content (AvgIpc) is 3.10. The van der Waals surface area contributed by atoms with Crippen LogP contribution in [0, 0.1) is 0 Å². The van der Waals surface area contributed by atoms with Gasteiger partial charge in [0, 0.05) is 43.1 Å². The summed E-state index contributed by atoms with van der Waals surface area (Å²) in [6, 6.07) is 9.63. The van der Waals surface area contributed by atoms with E-state index in [9.17, 15) is 18.0 Å². The van der Waals surface area contributed by atoms with Crippen molar-refractivity contribution < 1.29 is 32.6 Å². The third-order valence-corrected chi connectivity index (χ3v) is 6.42. The molecule has 2 fully saturated rings. The molecule has 4 rings (SSSR count). The number of benzene rings is 1. The number of rotatable bonds is 2. The van der Waals surface area contributed by atoms with E-state index in [1.165, 1.54) is 0 Å². The van der Waals surface area contributed by atoms with Crippen LogP contribution in [0.1, 0.15) is 16.8 Å². The van der Waals surface area contributed by atoms with E-state index >= 15 is 0 Å². The maximum absolute atomic E-state index is 12.6. The first-order valence-corrected chi connectivity index (χ1v) is 9.73. The molecule has 0 aliphatic carbocycles. The Labute approximate surface area is 169 Å². The van der Waals surface area contributed by atoms with E-state index in [2.05, 4.69) is 4.98 Å². The van der Waals surface area contributed by atoms with Gasteiger partial charge in [-0.1, -0.05) is 6.07 Å². The molecule has 6 nitrogen and oxygen atoms in total. The minimum atomic E-state index is -5.08. The standard InChI is InChI=1S/C17H18N2O2S.C2HF3O2/c1-21-14-8-17(22-9-14)10-19(11-17)16(20)13-4-5-15-12(7-13)3-2-6-18-15;3-2(4,5)1(6)7/h2-7,14H,8-11H2,1H3;(H,6,7). The van der Waals surface area contributed by atoms with Gasteiger partial charge in [0.1, 0.15) is 0 Å². The number of hydrogen-bond donors (Lipinski definition) is 1. The number of fused-ring (bicyclic) bond motifs is 1. The molecule has 1 unspecified atom stereocenters. The highest BCUT2D eigenvalue weighted by molar-refractivity contribution is 8.01. The molecule has 1 spiro atoms. The van der Waals surface area contributed by atoms with Gasteiger partial charge < -0.3 is 14.7 Å². The van der Waals surface area contributed by atoms with E-state index in [0.29, 0.717) is 6.10 Å². The van der Waals surface area contributed by atoms with Gasteiger partial charge in [0.25, 0.3) is 5.91 Å². The van der Waals surface area contributed by atoms with Gasteiger partial charge in [0.05, 0.1) is 16.4 Å². The quantitative estimate of drug-likeness (QED) is 0.791. The predicted molar refractivity (Wildman–Crippen MR) is 102 cm³/mol. The van der Waals surface area contributed by atoms with Crippen molar-refractivity contribution in [2.75, 3.05) is 26.0 Å². The minimum Gasteiger partial charge on any atom is -0.475 e. The topological polar surface area (TPSA) is 79.7 Å². The van der Waals surface area contributed by atoms with E-state index in [1.807, 2.05) is 47.0 Å². The maximum atomic E-state index is 12.6. The number of ether oxygens (including phenoxy) is 1. The van der Waals surface area contributed by atoms with Crippen LogP contribution in [0.2, 0.25) is 0 Å². The Morgan fingerprint density at radius 2 is 2.00 bits per heavy atom. The Bertz CT molecular complexity index is 916. The fourth-order valence-electron chi connectivity index (χ4n) is 3.36. The molecule has 29 heavy (non-hydrogen) atoms. The number of likely N-dealkylation sites (tertiary alicyclic amines) is 1. The van der Waals surface area contributed by atoms with Crippen LogP contribution in [-0.4, -0.2) is 69.8 Å². The fourth-order valence-corrected chi connectivity index (χ4v) is 4.95. The zero-order chi connectivity index (χ0) is 21.2. The second-order valence-corrected chi connectivity index (χ2v) is 8.42. The molecule has 0 bridgehead atoms. The van der Waals surface area contributed by atoms with Gasteiger partial charge in [-0.15, -0.1) is 11.8 Å². The average molecular weight is 428 g/mol.